The smallest absolute Gasteiger partial charge is 0.250 e. The van der Waals surface area contributed by atoms with Gasteiger partial charge in [-0.1, -0.05) is 0 Å². The Bertz CT molecular complexity index is 624. The van der Waals surface area contributed by atoms with Gasteiger partial charge in [-0.05, 0) is 44.2 Å². The van der Waals surface area contributed by atoms with Gasteiger partial charge in [0.2, 0.25) is 10.0 Å². The number of nitrogens with one attached hydrogen (secondary N) is 2. The third kappa shape index (κ3) is 3.03. The predicted octanol–water partition coefficient (Wildman–Crippen LogP) is 1.60. The van der Waals surface area contributed by atoms with Crippen molar-refractivity contribution in [1.82, 2.24) is 10.0 Å². The molecule has 3 unspecified atom stereocenters. The highest BCUT2D eigenvalue weighted by molar-refractivity contribution is 7.91. The van der Waals surface area contributed by atoms with E-state index in [9.17, 15) is 8.42 Å². The number of rotatable bonds is 6. The summed E-state index contributed by atoms with van der Waals surface area (Å²) in [5, 5.41) is 3.41. The van der Waals surface area contributed by atoms with Crippen LogP contribution in [0.5, 0.6) is 0 Å². The number of hydrogen-bond donors (Lipinski definition) is 2. The zero-order chi connectivity index (χ0) is 14.4. The van der Waals surface area contributed by atoms with E-state index < -0.39 is 10.0 Å². The van der Waals surface area contributed by atoms with E-state index in [0.29, 0.717) is 10.3 Å². The highest BCUT2D eigenvalue weighted by Crippen LogP contribution is 2.35. The van der Waals surface area contributed by atoms with Gasteiger partial charge in [0.25, 0.3) is 0 Å². The fourth-order valence-electron chi connectivity index (χ4n) is 3.15. The van der Waals surface area contributed by atoms with Crippen LogP contribution >= 0.6 is 11.3 Å². The molecule has 2 bridgehead atoms. The molecule has 3 atom stereocenters. The van der Waals surface area contributed by atoms with Crippen LogP contribution in [0.2, 0.25) is 0 Å². The van der Waals surface area contributed by atoms with Gasteiger partial charge in [-0.3, -0.25) is 0 Å². The largest absolute Gasteiger partial charge is 0.373 e. The summed E-state index contributed by atoms with van der Waals surface area (Å²) >= 11 is 1.36. The Balaban J connectivity index is 1.41. The zero-order valence-electron chi connectivity index (χ0n) is 11.7. The molecule has 0 spiro atoms. The van der Waals surface area contributed by atoms with Crippen molar-refractivity contribution in [1.29, 1.82) is 0 Å². The quantitative estimate of drug-likeness (QED) is 0.832. The van der Waals surface area contributed by atoms with Crippen LogP contribution in [-0.2, 0) is 21.3 Å². The minimum atomic E-state index is -3.41. The number of fused-ring (bicyclic) bond motifs is 2. The topological polar surface area (TPSA) is 67.4 Å². The minimum absolute atomic E-state index is 0.0520. The molecule has 7 heteroatoms. The summed E-state index contributed by atoms with van der Waals surface area (Å²) in [4.78, 5) is 1.08. The van der Waals surface area contributed by atoms with Crippen molar-refractivity contribution in [3.8, 4) is 0 Å². The zero-order valence-corrected chi connectivity index (χ0v) is 13.4. The van der Waals surface area contributed by atoms with Gasteiger partial charge < -0.3 is 10.1 Å². The van der Waals surface area contributed by atoms with Crippen LogP contribution in [0.3, 0.4) is 0 Å². The van der Waals surface area contributed by atoms with Gasteiger partial charge in [0.05, 0.1) is 18.2 Å². The van der Waals surface area contributed by atoms with E-state index >= 15 is 0 Å². The third-order valence-electron chi connectivity index (χ3n) is 4.46. The lowest BCUT2D eigenvalue weighted by Gasteiger charge is -2.19. The molecule has 2 aliphatic heterocycles. The molecular formula is C14H20N2O3S2. The first kappa shape index (κ1) is 14.1. The van der Waals surface area contributed by atoms with E-state index in [4.69, 9.17) is 4.74 Å². The van der Waals surface area contributed by atoms with Crippen LogP contribution in [0, 0.1) is 0 Å². The maximum Gasteiger partial charge on any atom is 0.250 e. The molecular weight excluding hydrogens is 308 g/mol. The number of thiophene rings is 1. The average Bonchev–Trinajstić information content (AvgIpc) is 2.89. The first-order chi connectivity index (χ1) is 10.1. The van der Waals surface area contributed by atoms with E-state index in [2.05, 4.69) is 10.0 Å². The molecule has 3 aliphatic rings. The Labute approximate surface area is 129 Å². The molecule has 2 N–H and O–H groups in total. The van der Waals surface area contributed by atoms with Crippen LogP contribution in [0.4, 0.5) is 0 Å². The Hall–Kier alpha value is -0.470. The lowest BCUT2D eigenvalue weighted by molar-refractivity contribution is 0.0996. The summed E-state index contributed by atoms with van der Waals surface area (Å²) in [5.74, 6) is 0. The first-order valence-electron chi connectivity index (χ1n) is 7.60. The summed E-state index contributed by atoms with van der Waals surface area (Å²) in [6.07, 6.45) is 5.65. The lowest BCUT2D eigenvalue weighted by Crippen LogP contribution is -2.41. The van der Waals surface area contributed by atoms with Gasteiger partial charge >= 0.3 is 0 Å². The molecule has 21 heavy (non-hydrogen) atoms. The molecule has 0 aromatic carbocycles. The summed E-state index contributed by atoms with van der Waals surface area (Å²) in [6.45, 7) is 0.766. The Morgan fingerprint density at radius 2 is 2.10 bits per heavy atom. The molecule has 3 heterocycles. The number of sulfonamides is 1. The summed E-state index contributed by atoms with van der Waals surface area (Å²) in [5.41, 5.74) is 0. The molecule has 1 saturated carbocycles. The Kier molecular flexibility index (Phi) is 3.58. The van der Waals surface area contributed by atoms with Crippen molar-refractivity contribution in [2.75, 3.05) is 0 Å². The van der Waals surface area contributed by atoms with Crippen molar-refractivity contribution in [2.45, 2.75) is 67.1 Å². The van der Waals surface area contributed by atoms with E-state index in [-0.39, 0.29) is 18.2 Å². The molecule has 1 aromatic rings. The normalized spacial score (nSPS) is 31.9. The standard InChI is InChI=1S/C14H20N2O3S2/c17-21(18,16-12-7-10-3-5-13(12)19-10)14-6-4-11(20-14)8-15-9-1-2-9/h4,6,9-10,12-13,15-16H,1-3,5,7-8H2. The van der Waals surface area contributed by atoms with Crippen LogP contribution in [0.15, 0.2) is 16.3 Å². The van der Waals surface area contributed by atoms with E-state index in [0.717, 1.165) is 30.7 Å². The molecule has 5 nitrogen and oxygen atoms in total. The van der Waals surface area contributed by atoms with Crippen molar-refractivity contribution in [3.63, 3.8) is 0 Å². The average molecular weight is 328 g/mol. The summed E-state index contributed by atoms with van der Waals surface area (Å²) in [6, 6.07) is 4.21. The fourth-order valence-corrected chi connectivity index (χ4v) is 5.75. The minimum Gasteiger partial charge on any atom is -0.373 e. The molecule has 1 aliphatic carbocycles. The van der Waals surface area contributed by atoms with Gasteiger partial charge in [-0.25, -0.2) is 13.1 Å². The fraction of sp³-hybridized carbons (Fsp3) is 0.714. The van der Waals surface area contributed by atoms with Crippen LogP contribution in [-0.4, -0.2) is 32.7 Å². The van der Waals surface area contributed by atoms with E-state index in [1.807, 2.05) is 6.07 Å². The van der Waals surface area contributed by atoms with Crippen LogP contribution in [0.25, 0.3) is 0 Å². The van der Waals surface area contributed by atoms with Gasteiger partial charge in [-0.2, -0.15) is 0 Å². The maximum atomic E-state index is 12.5. The van der Waals surface area contributed by atoms with Crippen LogP contribution < -0.4 is 10.0 Å². The highest BCUT2D eigenvalue weighted by Gasteiger charge is 2.42. The lowest BCUT2D eigenvalue weighted by atomic mass is 9.96. The van der Waals surface area contributed by atoms with Gasteiger partial charge in [-0.15, -0.1) is 11.3 Å². The Morgan fingerprint density at radius 1 is 1.24 bits per heavy atom. The first-order valence-corrected chi connectivity index (χ1v) is 9.90. The predicted molar refractivity (Wildman–Crippen MR) is 80.8 cm³/mol. The van der Waals surface area contributed by atoms with E-state index in [1.54, 1.807) is 6.07 Å². The van der Waals surface area contributed by atoms with Crippen molar-refractivity contribution < 1.29 is 13.2 Å². The molecule has 3 fully saturated rings. The SMILES string of the molecule is O=S(=O)(NC1CC2CCC1O2)c1ccc(CNC2CC2)s1. The van der Waals surface area contributed by atoms with E-state index in [1.165, 1.54) is 24.2 Å². The molecule has 1 aromatic heterocycles. The highest BCUT2D eigenvalue weighted by atomic mass is 32.2. The van der Waals surface area contributed by atoms with Crippen molar-refractivity contribution in [3.05, 3.63) is 17.0 Å². The second-order valence-electron chi connectivity index (χ2n) is 6.21. The molecule has 4 rings (SSSR count). The van der Waals surface area contributed by atoms with Crippen molar-refractivity contribution >= 4 is 21.4 Å². The second kappa shape index (κ2) is 5.31. The van der Waals surface area contributed by atoms with Gasteiger partial charge in [0.1, 0.15) is 4.21 Å². The number of ether oxygens (including phenoxy) is 1. The van der Waals surface area contributed by atoms with Crippen molar-refractivity contribution in [2.24, 2.45) is 0 Å². The maximum absolute atomic E-state index is 12.5. The monoisotopic (exact) mass is 328 g/mol. The second-order valence-corrected chi connectivity index (χ2v) is 9.32. The summed E-state index contributed by atoms with van der Waals surface area (Å²) in [7, 11) is -3.41. The summed E-state index contributed by atoms with van der Waals surface area (Å²) < 4.78 is 33.9. The van der Waals surface area contributed by atoms with Crippen LogP contribution in [0.1, 0.15) is 37.0 Å². The Morgan fingerprint density at radius 3 is 2.76 bits per heavy atom. The third-order valence-corrected chi connectivity index (χ3v) is 7.52. The van der Waals surface area contributed by atoms with Gasteiger partial charge in [0.15, 0.2) is 0 Å². The van der Waals surface area contributed by atoms with Gasteiger partial charge in [0, 0.05) is 17.5 Å². The molecule has 116 valence electrons. The number of hydrogen-bond acceptors (Lipinski definition) is 5. The molecule has 0 amide bonds. The molecule has 2 saturated heterocycles. The molecule has 0 radical (unpaired) electrons.